The lowest BCUT2D eigenvalue weighted by molar-refractivity contribution is 0.662. The summed E-state index contributed by atoms with van der Waals surface area (Å²) in [5.74, 6) is 0. The first-order chi connectivity index (χ1) is 16.0. The maximum absolute atomic E-state index is 4.05. The molecule has 1 heteroatoms. The SMILES string of the molecule is C=CCc1/c(=C\C)ccc2cc3c(/c(=C/C)c12)-c1cc2[nH]c4ccccc4c2cc1C3(C)C. The standard InChI is InChI=1S/C32H29N/c1-6-11-22-19(7-2)14-15-20-16-27-31(21(8-3)30(20)22)25-18-29-24(17-26(25)32(27,4)5)23-12-9-10-13-28(23)33-29/h6-10,12-18,33H,1,11H2,2-5H3/b19-7-,21-8+. The summed E-state index contributed by atoms with van der Waals surface area (Å²) in [7, 11) is 0. The second-order valence-corrected chi connectivity index (χ2v) is 9.75. The van der Waals surface area contributed by atoms with Gasteiger partial charge in [-0.15, -0.1) is 6.58 Å². The molecule has 4 aromatic carbocycles. The molecule has 0 saturated carbocycles. The lowest BCUT2D eigenvalue weighted by Gasteiger charge is -2.22. The highest BCUT2D eigenvalue weighted by atomic mass is 14.7. The van der Waals surface area contributed by atoms with Gasteiger partial charge in [0.15, 0.2) is 0 Å². The van der Waals surface area contributed by atoms with Gasteiger partial charge in [0.05, 0.1) is 0 Å². The van der Waals surface area contributed by atoms with Crippen LogP contribution in [-0.2, 0) is 11.8 Å². The summed E-state index contributed by atoms with van der Waals surface area (Å²) in [4.78, 5) is 3.66. The van der Waals surface area contributed by atoms with Crippen LogP contribution in [0.25, 0.3) is 55.9 Å². The Hall–Kier alpha value is -3.58. The first-order valence-corrected chi connectivity index (χ1v) is 11.9. The fourth-order valence-electron chi connectivity index (χ4n) is 6.09. The molecule has 0 bridgehead atoms. The van der Waals surface area contributed by atoms with Crippen molar-refractivity contribution < 1.29 is 0 Å². The van der Waals surface area contributed by atoms with E-state index in [1.165, 1.54) is 70.8 Å². The molecule has 162 valence electrons. The molecular formula is C32H29N. The number of aromatic nitrogens is 1. The predicted molar refractivity (Wildman–Crippen MR) is 144 cm³/mol. The minimum absolute atomic E-state index is 0.0582. The number of fused-ring (bicyclic) bond motifs is 7. The van der Waals surface area contributed by atoms with Crippen LogP contribution >= 0.6 is 0 Å². The fourth-order valence-corrected chi connectivity index (χ4v) is 6.09. The van der Waals surface area contributed by atoms with E-state index in [0.29, 0.717) is 0 Å². The lowest BCUT2D eigenvalue weighted by Crippen LogP contribution is -2.19. The Morgan fingerprint density at radius 2 is 1.70 bits per heavy atom. The molecule has 0 radical (unpaired) electrons. The average Bonchev–Trinajstić information content (AvgIpc) is 3.29. The molecule has 0 unspecified atom stereocenters. The number of aromatic amines is 1. The highest BCUT2D eigenvalue weighted by Crippen LogP contribution is 2.50. The molecule has 0 saturated heterocycles. The molecular weight excluding hydrogens is 398 g/mol. The largest absolute Gasteiger partial charge is 0.354 e. The third kappa shape index (κ3) is 2.60. The molecule has 0 atom stereocenters. The van der Waals surface area contributed by atoms with Crippen molar-refractivity contribution >= 4 is 44.7 Å². The molecule has 1 N–H and O–H groups in total. The first-order valence-electron chi connectivity index (χ1n) is 11.9. The number of rotatable bonds is 2. The van der Waals surface area contributed by atoms with Gasteiger partial charge in [-0.2, -0.15) is 0 Å². The van der Waals surface area contributed by atoms with E-state index < -0.39 is 0 Å². The Morgan fingerprint density at radius 1 is 0.879 bits per heavy atom. The van der Waals surface area contributed by atoms with Crippen LogP contribution in [0.3, 0.4) is 0 Å². The van der Waals surface area contributed by atoms with Crippen molar-refractivity contribution in [3.05, 3.63) is 94.4 Å². The van der Waals surface area contributed by atoms with Crippen molar-refractivity contribution in [2.75, 3.05) is 0 Å². The number of benzene rings is 4. The quantitative estimate of drug-likeness (QED) is 0.289. The Morgan fingerprint density at radius 3 is 2.45 bits per heavy atom. The number of para-hydroxylation sites is 1. The molecule has 6 rings (SSSR count). The molecule has 0 amide bonds. The van der Waals surface area contributed by atoms with E-state index in [0.717, 1.165) is 6.42 Å². The molecule has 1 aliphatic carbocycles. The molecule has 1 aromatic heterocycles. The summed E-state index contributed by atoms with van der Waals surface area (Å²) >= 11 is 0. The Balaban J connectivity index is 1.81. The zero-order chi connectivity index (χ0) is 22.9. The van der Waals surface area contributed by atoms with Crippen LogP contribution in [0.4, 0.5) is 0 Å². The minimum atomic E-state index is -0.0582. The molecule has 1 aliphatic rings. The van der Waals surface area contributed by atoms with E-state index in [2.05, 4.69) is 106 Å². The van der Waals surface area contributed by atoms with Gasteiger partial charge in [-0.3, -0.25) is 0 Å². The van der Waals surface area contributed by atoms with E-state index in [1.807, 2.05) is 6.08 Å². The summed E-state index contributed by atoms with van der Waals surface area (Å²) in [6.07, 6.45) is 7.43. The summed E-state index contributed by atoms with van der Waals surface area (Å²) in [6.45, 7) is 13.1. The first kappa shape index (κ1) is 20.1. The molecule has 1 heterocycles. The Labute approximate surface area is 194 Å². The molecule has 1 nitrogen and oxygen atoms in total. The number of allylic oxidation sites excluding steroid dienone is 1. The maximum atomic E-state index is 4.05. The highest BCUT2D eigenvalue weighted by Gasteiger charge is 2.37. The monoisotopic (exact) mass is 427 g/mol. The zero-order valence-electron chi connectivity index (χ0n) is 19.8. The predicted octanol–water partition coefficient (Wildman–Crippen LogP) is 7.11. The van der Waals surface area contributed by atoms with Crippen molar-refractivity contribution in [1.82, 2.24) is 4.98 Å². The fraction of sp³-hybridized carbons (Fsp3) is 0.188. The molecule has 0 fully saturated rings. The van der Waals surface area contributed by atoms with Crippen LogP contribution in [0.1, 0.15) is 44.4 Å². The van der Waals surface area contributed by atoms with Crippen molar-refractivity contribution in [2.24, 2.45) is 0 Å². The minimum Gasteiger partial charge on any atom is -0.354 e. The van der Waals surface area contributed by atoms with Gasteiger partial charge in [0.1, 0.15) is 0 Å². The zero-order valence-corrected chi connectivity index (χ0v) is 19.8. The van der Waals surface area contributed by atoms with Crippen molar-refractivity contribution in [3.63, 3.8) is 0 Å². The molecule has 33 heavy (non-hydrogen) atoms. The van der Waals surface area contributed by atoms with Gasteiger partial charge in [-0.25, -0.2) is 0 Å². The highest BCUT2D eigenvalue weighted by molar-refractivity contribution is 6.10. The van der Waals surface area contributed by atoms with E-state index >= 15 is 0 Å². The van der Waals surface area contributed by atoms with Gasteiger partial charge in [0.2, 0.25) is 0 Å². The van der Waals surface area contributed by atoms with Gasteiger partial charge in [0.25, 0.3) is 0 Å². The van der Waals surface area contributed by atoms with E-state index in [1.54, 1.807) is 0 Å². The van der Waals surface area contributed by atoms with Crippen LogP contribution in [0.5, 0.6) is 0 Å². The topological polar surface area (TPSA) is 15.8 Å². The smallest absolute Gasteiger partial charge is 0.0471 e. The summed E-state index contributed by atoms with van der Waals surface area (Å²) in [6, 6.07) is 20.4. The van der Waals surface area contributed by atoms with Crippen molar-refractivity contribution in [2.45, 2.75) is 39.5 Å². The van der Waals surface area contributed by atoms with Crippen molar-refractivity contribution in [3.8, 4) is 11.1 Å². The normalized spacial score (nSPS) is 15.5. The van der Waals surface area contributed by atoms with Crippen LogP contribution in [0, 0.1) is 0 Å². The maximum Gasteiger partial charge on any atom is 0.0471 e. The second kappa shape index (κ2) is 6.96. The third-order valence-corrected chi connectivity index (χ3v) is 7.70. The number of hydrogen-bond acceptors (Lipinski definition) is 0. The second-order valence-electron chi connectivity index (χ2n) is 9.75. The summed E-state index contributed by atoms with van der Waals surface area (Å²) < 4.78 is 0. The summed E-state index contributed by atoms with van der Waals surface area (Å²) in [5.41, 5.74) is 9.32. The van der Waals surface area contributed by atoms with E-state index in [4.69, 9.17) is 0 Å². The molecule has 0 aliphatic heterocycles. The van der Waals surface area contributed by atoms with Gasteiger partial charge in [-0.05, 0) is 93.6 Å². The number of H-pyrrole nitrogens is 1. The van der Waals surface area contributed by atoms with E-state index in [-0.39, 0.29) is 5.41 Å². The third-order valence-electron chi connectivity index (χ3n) is 7.70. The van der Waals surface area contributed by atoms with Gasteiger partial charge in [-0.1, -0.05) is 62.4 Å². The molecule has 5 aromatic rings. The summed E-state index contributed by atoms with van der Waals surface area (Å²) in [5, 5.41) is 7.95. The average molecular weight is 428 g/mol. The molecule has 0 spiro atoms. The number of nitrogens with one attached hydrogen (secondary N) is 1. The number of hydrogen-bond donors (Lipinski definition) is 1. The van der Waals surface area contributed by atoms with Crippen LogP contribution < -0.4 is 10.4 Å². The van der Waals surface area contributed by atoms with Gasteiger partial charge < -0.3 is 4.98 Å². The van der Waals surface area contributed by atoms with Crippen LogP contribution in [-0.4, -0.2) is 4.98 Å². The van der Waals surface area contributed by atoms with Gasteiger partial charge >= 0.3 is 0 Å². The van der Waals surface area contributed by atoms with Gasteiger partial charge in [0, 0.05) is 27.2 Å². The van der Waals surface area contributed by atoms with Crippen molar-refractivity contribution in [1.29, 1.82) is 0 Å². The lowest BCUT2D eigenvalue weighted by atomic mass is 9.81. The Bertz CT molecular complexity index is 1740. The van der Waals surface area contributed by atoms with Crippen LogP contribution in [0.2, 0.25) is 0 Å². The van der Waals surface area contributed by atoms with E-state index in [9.17, 15) is 0 Å². The van der Waals surface area contributed by atoms with Crippen LogP contribution in [0.15, 0.2) is 67.3 Å². The Kier molecular flexibility index (Phi) is 4.23.